The topological polar surface area (TPSA) is 0 Å². The molecular weight excluding hydrogens is 645 g/mol. The summed E-state index contributed by atoms with van der Waals surface area (Å²) in [5, 5.41) is 9.92. The van der Waals surface area contributed by atoms with Crippen molar-refractivity contribution in [3.8, 4) is 44.5 Å². The van der Waals surface area contributed by atoms with Gasteiger partial charge in [0.1, 0.15) is 0 Å². The van der Waals surface area contributed by atoms with Crippen molar-refractivity contribution in [3.63, 3.8) is 0 Å². The van der Waals surface area contributed by atoms with E-state index in [0.29, 0.717) is 12.0 Å². The molecule has 0 aliphatic carbocycles. The molecule has 0 aliphatic rings. The summed E-state index contributed by atoms with van der Waals surface area (Å²) in [5.41, 5.74) is 11.2. The van der Waals surface area contributed by atoms with E-state index >= 15 is 0 Å². The van der Waals surface area contributed by atoms with Crippen molar-refractivity contribution in [3.05, 3.63) is 181 Å². The van der Waals surface area contributed by atoms with Gasteiger partial charge in [-0.1, -0.05) is 159 Å². The van der Waals surface area contributed by atoms with Gasteiger partial charge in [-0.15, -0.1) is 11.3 Å². The Balaban J connectivity index is 1.15. The second-order valence-corrected chi connectivity index (χ2v) is 15.3. The molecule has 9 aromatic carbocycles. The number of fused-ring (bicyclic) bond motifs is 6. The Hall–Kier alpha value is -6.02. The predicted molar refractivity (Wildman–Crippen MR) is 228 cm³/mol. The molecule has 0 fully saturated rings. The highest BCUT2D eigenvalue weighted by Gasteiger charge is 2.18. The maximum Gasteiger partial charge on any atom is 0.0623 e. The lowest BCUT2D eigenvalue weighted by Gasteiger charge is -2.19. The number of rotatable bonds is 5. The molecule has 1 aromatic heterocycles. The van der Waals surface area contributed by atoms with Crippen LogP contribution in [0.5, 0.6) is 0 Å². The average Bonchev–Trinajstić information content (AvgIpc) is 3.58. The minimum absolute atomic E-state index is 0.504. The minimum Gasteiger partial charge on any atom is -0.135 e. The summed E-state index contributed by atoms with van der Waals surface area (Å²) in [5.74, 6) is 0.504. The van der Waals surface area contributed by atoms with Gasteiger partial charge in [-0.3, -0.25) is 0 Å². The van der Waals surface area contributed by atoms with Crippen molar-refractivity contribution in [2.75, 3.05) is 0 Å². The monoisotopic (exact) mass is 681 g/mol. The standard InChI is InChI=1S/C51H36S/c1-32(2)34-26-27-46-48(31-34)52-47-23-11-22-41(51(46)47)38-15-10-17-40(30-38)50-44-20-7-5-18-42(44)49(43-19-6-8-21-45(43)50)39-16-9-14-36(29-39)37-25-24-33-12-3-4-13-35(33)28-37/h3-32H,1-2H3/i3D. The first-order valence-electron chi connectivity index (χ1n) is 18.6. The van der Waals surface area contributed by atoms with E-state index < -0.39 is 0 Å². The fourth-order valence-corrected chi connectivity index (χ4v) is 9.38. The Labute approximate surface area is 309 Å². The van der Waals surface area contributed by atoms with E-state index in [1.165, 1.54) is 91.8 Å². The van der Waals surface area contributed by atoms with E-state index in [1.807, 2.05) is 29.5 Å². The summed E-state index contributed by atoms with van der Waals surface area (Å²) >= 11 is 1.90. The van der Waals surface area contributed by atoms with Gasteiger partial charge in [-0.2, -0.15) is 0 Å². The Bertz CT molecular complexity index is 3000. The van der Waals surface area contributed by atoms with E-state index in [0.717, 1.165) is 10.8 Å². The first-order valence-corrected chi connectivity index (χ1v) is 18.9. The van der Waals surface area contributed by atoms with Crippen molar-refractivity contribution in [1.29, 1.82) is 0 Å². The molecule has 0 N–H and O–H groups in total. The average molecular weight is 682 g/mol. The SMILES string of the molecule is [2H]c1ccc2cc(-c3cccc(-c4c5ccccc5c(-c5cccc(-c6cccc7sc8cc(C(C)C)ccc8c67)c5)c5ccccc45)c3)ccc2c1. The molecule has 0 nitrogen and oxygen atoms in total. The third-order valence-corrected chi connectivity index (χ3v) is 11.9. The molecule has 0 radical (unpaired) electrons. The fraction of sp³-hybridized carbons (Fsp3) is 0.0588. The summed E-state index contributed by atoms with van der Waals surface area (Å²) in [7, 11) is 0. The summed E-state index contributed by atoms with van der Waals surface area (Å²) in [6.07, 6.45) is 0. The van der Waals surface area contributed by atoms with Gasteiger partial charge in [-0.25, -0.2) is 0 Å². The molecule has 0 unspecified atom stereocenters. The molecule has 0 aliphatic heterocycles. The quantitative estimate of drug-likeness (QED) is 0.159. The van der Waals surface area contributed by atoms with Crippen LogP contribution in [0.1, 0.15) is 26.7 Å². The molecule has 10 rings (SSSR count). The van der Waals surface area contributed by atoms with Crippen molar-refractivity contribution < 1.29 is 1.37 Å². The van der Waals surface area contributed by atoms with Crippen LogP contribution >= 0.6 is 11.3 Å². The predicted octanol–water partition coefficient (Wildman–Crippen LogP) is 15.3. The Morgan fingerprint density at radius 2 is 1.04 bits per heavy atom. The Kier molecular flexibility index (Phi) is 7.04. The van der Waals surface area contributed by atoms with E-state index in [-0.39, 0.29) is 0 Å². The largest absolute Gasteiger partial charge is 0.135 e. The number of thiophene rings is 1. The van der Waals surface area contributed by atoms with Crippen LogP contribution in [-0.4, -0.2) is 0 Å². The van der Waals surface area contributed by atoms with Crippen LogP contribution in [0.15, 0.2) is 176 Å². The third kappa shape index (κ3) is 5.04. The highest BCUT2D eigenvalue weighted by atomic mass is 32.1. The lowest BCUT2D eigenvalue weighted by Crippen LogP contribution is -1.91. The molecule has 0 spiro atoms. The molecule has 0 bridgehead atoms. The zero-order valence-electron chi connectivity index (χ0n) is 30.2. The summed E-state index contributed by atoms with van der Waals surface area (Å²) in [6, 6.07) is 62.7. The normalized spacial score (nSPS) is 12.1. The maximum atomic E-state index is 8.04. The summed E-state index contributed by atoms with van der Waals surface area (Å²) in [4.78, 5) is 0. The molecule has 0 saturated carbocycles. The van der Waals surface area contributed by atoms with Gasteiger partial charge in [0, 0.05) is 20.2 Å². The van der Waals surface area contributed by atoms with Crippen LogP contribution in [0.3, 0.4) is 0 Å². The molecule has 0 amide bonds. The van der Waals surface area contributed by atoms with E-state index in [4.69, 9.17) is 1.37 Å². The van der Waals surface area contributed by atoms with Crippen LogP contribution in [-0.2, 0) is 0 Å². The molecule has 52 heavy (non-hydrogen) atoms. The first-order chi connectivity index (χ1) is 26.0. The highest BCUT2D eigenvalue weighted by Crippen LogP contribution is 2.46. The second-order valence-electron chi connectivity index (χ2n) is 14.2. The second kappa shape index (κ2) is 12.3. The molecule has 246 valence electrons. The van der Waals surface area contributed by atoms with Gasteiger partial charge in [-0.05, 0) is 119 Å². The van der Waals surface area contributed by atoms with Crippen LogP contribution in [0.25, 0.3) is 97.0 Å². The highest BCUT2D eigenvalue weighted by molar-refractivity contribution is 7.26. The van der Waals surface area contributed by atoms with Gasteiger partial charge in [0.05, 0.1) is 1.37 Å². The molecule has 0 saturated heterocycles. The van der Waals surface area contributed by atoms with E-state index in [1.54, 1.807) is 0 Å². The van der Waals surface area contributed by atoms with Crippen molar-refractivity contribution in [2.24, 2.45) is 0 Å². The zero-order chi connectivity index (χ0) is 35.6. The van der Waals surface area contributed by atoms with Crippen LogP contribution < -0.4 is 0 Å². The van der Waals surface area contributed by atoms with Gasteiger partial charge >= 0.3 is 0 Å². The lowest BCUT2D eigenvalue weighted by atomic mass is 9.85. The van der Waals surface area contributed by atoms with Crippen molar-refractivity contribution in [1.82, 2.24) is 0 Å². The van der Waals surface area contributed by atoms with E-state index in [2.05, 4.69) is 166 Å². The van der Waals surface area contributed by atoms with Gasteiger partial charge in [0.15, 0.2) is 0 Å². The van der Waals surface area contributed by atoms with Crippen LogP contribution in [0.2, 0.25) is 0 Å². The summed E-state index contributed by atoms with van der Waals surface area (Å²) in [6.45, 7) is 4.54. The Morgan fingerprint density at radius 1 is 0.423 bits per heavy atom. The molecule has 1 heterocycles. The van der Waals surface area contributed by atoms with Gasteiger partial charge in [0.25, 0.3) is 0 Å². The Morgan fingerprint density at radius 3 is 1.73 bits per heavy atom. The number of benzene rings is 9. The molecule has 10 aromatic rings. The van der Waals surface area contributed by atoms with Gasteiger partial charge in [0.2, 0.25) is 0 Å². The molecule has 0 atom stereocenters. The van der Waals surface area contributed by atoms with Gasteiger partial charge < -0.3 is 0 Å². The minimum atomic E-state index is 0.504. The van der Waals surface area contributed by atoms with Crippen molar-refractivity contribution in [2.45, 2.75) is 19.8 Å². The van der Waals surface area contributed by atoms with Crippen LogP contribution in [0.4, 0.5) is 0 Å². The lowest BCUT2D eigenvalue weighted by molar-refractivity contribution is 0.869. The zero-order valence-corrected chi connectivity index (χ0v) is 30.0. The third-order valence-electron chi connectivity index (χ3n) is 10.8. The number of hydrogen-bond donors (Lipinski definition) is 0. The summed E-state index contributed by atoms with van der Waals surface area (Å²) < 4.78 is 10.7. The maximum absolute atomic E-state index is 8.04. The van der Waals surface area contributed by atoms with E-state index in [9.17, 15) is 0 Å². The van der Waals surface area contributed by atoms with Crippen molar-refractivity contribution >= 4 is 63.8 Å². The first kappa shape index (κ1) is 29.7. The molecule has 1 heteroatoms. The smallest absolute Gasteiger partial charge is 0.0623 e. The fourth-order valence-electron chi connectivity index (χ4n) is 8.19. The van der Waals surface area contributed by atoms with Crippen LogP contribution in [0, 0.1) is 0 Å². The molecular formula is C51H36S. The number of hydrogen-bond acceptors (Lipinski definition) is 1.